The number of rotatable bonds is 1. The van der Waals surface area contributed by atoms with Gasteiger partial charge in [-0.15, -0.1) is 5.10 Å². The molecule has 1 aromatic heterocycles. The fourth-order valence-electron chi connectivity index (χ4n) is 1.75. The van der Waals surface area contributed by atoms with E-state index in [2.05, 4.69) is 14.9 Å². The quantitative estimate of drug-likeness (QED) is 0.728. The Morgan fingerprint density at radius 3 is 2.37 bits per heavy atom. The first-order chi connectivity index (χ1) is 8.79. The molecule has 3 amide bonds. The summed E-state index contributed by atoms with van der Waals surface area (Å²) in [7, 11) is 0. The smallest absolute Gasteiger partial charge is 0.268 e. The highest BCUT2D eigenvalue weighted by molar-refractivity contribution is 7.08. The van der Waals surface area contributed by atoms with Gasteiger partial charge in [-0.3, -0.25) is 19.7 Å². The van der Waals surface area contributed by atoms with Crippen molar-refractivity contribution in [1.29, 1.82) is 0 Å². The lowest BCUT2D eigenvalue weighted by Gasteiger charge is -2.26. The number of amides is 3. The molecule has 0 aliphatic carbocycles. The van der Waals surface area contributed by atoms with E-state index < -0.39 is 11.8 Å². The van der Waals surface area contributed by atoms with Crippen molar-refractivity contribution in [1.82, 2.24) is 19.8 Å². The molecule has 1 fully saturated rings. The zero-order valence-corrected chi connectivity index (χ0v) is 11.7. The third-order valence-corrected chi connectivity index (χ3v) is 3.34. The van der Waals surface area contributed by atoms with Crippen LogP contribution in [-0.2, 0) is 15.0 Å². The van der Waals surface area contributed by atoms with Gasteiger partial charge in [-0.25, -0.2) is 0 Å². The number of nitrogens with one attached hydrogen (secondary N) is 1. The van der Waals surface area contributed by atoms with E-state index >= 15 is 0 Å². The molecule has 0 bridgehead atoms. The number of piperazine rings is 1. The average molecular weight is 282 g/mol. The van der Waals surface area contributed by atoms with Crippen molar-refractivity contribution in [3.8, 4) is 0 Å². The Morgan fingerprint density at radius 1 is 1.26 bits per heavy atom. The summed E-state index contributed by atoms with van der Waals surface area (Å²) in [6.07, 6.45) is 0. The SMILES string of the molecule is CC(C)(C)c1nnsc1C(=O)N1CC(=O)NC(=O)C1. The van der Waals surface area contributed by atoms with Crippen LogP contribution >= 0.6 is 11.5 Å². The van der Waals surface area contributed by atoms with Crippen LogP contribution in [0.4, 0.5) is 0 Å². The molecule has 0 radical (unpaired) electrons. The number of aromatic nitrogens is 2. The molecule has 1 saturated heterocycles. The van der Waals surface area contributed by atoms with Crippen molar-refractivity contribution >= 4 is 29.3 Å². The summed E-state index contributed by atoms with van der Waals surface area (Å²) in [5.41, 5.74) is 0.265. The predicted octanol–water partition coefficient (Wildman–Crippen LogP) is -0.0658. The molecule has 1 aliphatic rings. The standard InChI is InChI=1S/C11H14N4O3S/c1-11(2,3)9-8(19-14-13-9)10(18)15-4-6(16)12-7(17)5-15/h4-5H2,1-3H3,(H,12,16,17). The van der Waals surface area contributed by atoms with Crippen LogP contribution in [0.2, 0.25) is 0 Å². The van der Waals surface area contributed by atoms with Crippen LogP contribution in [-0.4, -0.2) is 45.3 Å². The summed E-state index contributed by atoms with van der Waals surface area (Å²) in [5, 5.41) is 6.13. The normalized spacial score (nSPS) is 16.5. The zero-order chi connectivity index (χ0) is 14.2. The average Bonchev–Trinajstić information content (AvgIpc) is 2.74. The van der Waals surface area contributed by atoms with Crippen molar-refractivity contribution in [3.63, 3.8) is 0 Å². The van der Waals surface area contributed by atoms with Crippen LogP contribution in [0.15, 0.2) is 0 Å². The lowest BCUT2D eigenvalue weighted by atomic mass is 9.91. The van der Waals surface area contributed by atoms with Gasteiger partial charge in [-0.1, -0.05) is 25.3 Å². The van der Waals surface area contributed by atoms with Gasteiger partial charge >= 0.3 is 0 Å². The van der Waals surface area contributed by atoms with E-state index in [1.165, 1.54) is 4.90 Å². The van der Waals surface area contributed by atoms with E-state index in [0.29, 0.717) is 10.6 Å². The monoisotopic (exact) mass is 282 g/mol. The fraction of sp³-hybridized carbons (Fsp3) is 0.545. The van der Waals surface area contributed by atoms with Gasteiger partial charge in [0.15, 0.2) is 0 Å². The highest BCUT2D eigenvalue weighted by Gasteiger charge is 2.32. The van der Waals surface area contributed by atoms with Gasteiger partial charge in [-0.2, -0.15) is 0 Å². The van der Waals surface area contributed by atoms with Crippen molar-refractivity contribution in [3.05, 3.63) is 10.6 Å². The minimum Gasteiger partial charge on any atom is -0.319 e. The molecular formula is C11H14N4O3S. The van der Waals surface area contributed by atoms with Gasteiger partial charge in [0.2, 0.25) is 11.8 Å². The van der Waals surface area contributed by atoms with Crippen LogP contribution in [0.25, 0.3) is 0 Å². The summed E-state index contributed by atoms with van der Waals surface area (Å²) >= 11 is 0.985. The molecule has 0 atom stereocenters. The minimum absolute atomic E-state index is 0.119. The second-order valence-electron chi connectivity index (χ2n) is 5.33. The number of carbonyl (C=O) groups is 3. The Hall–Kier alpha value is -1.83. The Kier molecular flexibility index (Phi) is 3.36. The lowest BCUT2D eigenvalue weighted by Crippen LogP contribution is -2.53. The molecule has 19 heavy (non-hydrogen) atoms. The number of nitrogens with zero attached hydrogens (tertiary/aromatic N) is 3. The van der Waals surface area contributed by atoms with Crippen LogP contribution in [0.5, 0.6) is 0 Å². The van der Waals surface area contributed by atoms with Crippen molar-refractivity contribution in [2.45, 2.75) is 26.2 Å². The third kappa shape index (κ3) is 2.78. The molecule has 7 nitrogen and oxygen atoms in total. The van der Waals surface area contributed by atoms with Crippen molar-refractivity contribution in [2.75, 3.05) is 13.1 Å². The van der Waals surface area contributed by atoms with Gasteiger partial charge in [0, 0.05) is 5.41 Å². The predicted molar refractivity (Wildman–Crippen MR) is 67.7 cm³/mol. The Morgan fingerprint density at radius 2 is 1.84 bits per heavy atom. The zero-order valence-electron chi connectivity index (χ0n) is 10.9. The Labute approximate surface area is 114 Å². The van der Waals surface area contributed by atoms with E-state index in [1.807, 2.05) is 20.8 Å². The second-order valence-corrected chi connectivity index (χ2v) is 6.09. The largest absolute Gasteiger partial charge is 0.319 e. The molecule has 1 N–H and O–H groups in total. The summed E-state index contributed by atoms with van der Waals surface area (Å²) in [6.45, 7) is 5.54. The molecule has 2 rings (SSSR count). The number of carbonyl (C=O) groups excluding carboxylic acids is 3. The van der Waals surface area contributed by atoms with E-state index in [9.17, 15) is 14.4 Å². The molecule has 2 heterocycles. The van der Waals surface area contributed by atoms with Crippen LogP contribution in [0.3, 0.4) is 0 Å². The van der Waals surface area contributed by atoms with Gasteiger partial charge in [0.05, 0.1) is 5.69 Å². The second kappa shape index (κ2) is 4.69. The molecule has 8 heteroatoms. The molecule has 0 spiro atoms. The Balaban J connectivity index is 2.27. The molecule has 0 saturated carbocycles. The van der Waals surface area contributed by atoms with Gasteiger partial charge in [-0.05, 0) is 11.5 Å². The third-order valence-electron chi connectivity index (χ3n) is 2.63. The maximum atomic E-state index is 12.3. The van der Waals surface area contributed by atoms with Crippen molar-refractivity contribution < 1.29 is 14.4 Å². The minimum atomic E-state index is -0.473. The van der Waals surface area contributed by atoms with E-state index in [-0.39, 0.29) is 24.4 Å². The summed E-state index contributed by atoms with van der Waals surface area (Å²) in [6, 6.07) is 0. The molecule has 1 aliphatic heterocycles. The van der Waals surface area contributed by atoms with Crippen LogP contribution in [0.1, 0.15) is 36.1 Å². The lowest BCUT2D eigenvalue weighted by molar-refractivity contribution is -0.135. The molecule has 0 unspecified atom stereocenters. The summed E-state index contributed by atoms with van der Waals surface area (Å²) in [4.78, 5) is 36.5. The fourth-order valence-corrected chi connectivity index (χ4v) is 2.59. The molecule has 102 valence electrons. The van der Waals surface area contributed by atoms with Crippen molar-refractivity contribution in [2.24, 2.45) is 0 Å². The summed E-state index contributed by atoms with van der Waals surface area (Å²) in [5.74, 6) is -1.32. The molecule has 0 aromatic carbocycles. The van der Waals surface area contributed by atoms with Crippen LogP contribution < -0.4 is 5.32 Å². The summed E-state index contributed by atoms with van der Waals surface area (Å²) < 4.78 is 3.80. The number of hydrogen-bond donors (Lipinski definition) is 1. The maximum Gasteiger partial charge on any atom is 0.268 e. The van der Waals surface area contributed by atoms with Gasteiger partial charge in [0.25, 0.3) is 5.91 Å². The maximum absolute atomic E-state index is 12.3. The first-order valence-corrected chi connectivity index (χ1v) is 6.51. The van der Waals surface area contributed by atoms with E-state index in [1.54, 1.807) is 0 Å². The topological polar surface area (TPSA) is 92.3 Å². The Bertz CT molecular complexity index is 530. The molecular weight excluding hydrogens is 268 g/mol. The van der Waals surface area contributed by atoms with Crippen LogP contribution in [0, 0.1) is 0 Å². The molecule has 1 aromatic rings. The number of imide groups is 1. The number of hydrogen-bond acceptors (Lipinski definition) is 6. The highest BCUT2D eigenvalue weighted by Crippen LogP contribution is 2.26. The van der Waals surface area contributed by atoms with E-state index in [4.69, 9.17) is 0 Å². The van der Waals surface area contributed by atoms with Gasteiger partial charge in [0.1, 0.15) is 18.0 Å². The van der Waals surface area contributed by atoms with E-state index in [0.717, 1.165) is 11.5 Å². The van der Waals surface area contributed by atoms with Gasteiger partial charge < -0.3 is 4.90 Å². The first kappa shape index (κ1) is 13.6. The highest BCUT2D eigenvalue weighted by atomic mass is 32.1. The first-order valence-electron chi connectivity index (χ1n) is 5.74.